The van der Waals surface area contributed by atoms with Crippen LogP contribution in [0.25, 0.3) is 0 Å². The minimum atomic E-state index is -0.133. The highest BCUT2D eigenvalue weighted by molar-refractivity contribution is 5.78. The minimum absolute atomic E-state index is 0.0698. The molecule has 3 nitrogen and oxygen atoms in total. The maximum Gasteiger partial charge on any atom is 0.223 e. The van der Waals surface area contributed by atoms with Crippen LogP contribution < -0.4 is 5.32 Å². The van der Waals surface area contributed by atoms with Gasteiger partial charge in [-0.2, -0.15) is 0 Å². The van der Waals surface area contributed by atoms with E-state index in [9.17, 15) is 9.90 Å². The van der Waals surface area contributed by atoms with E-state index in [1.165, 1.54) is 37.7 Å². The Morgan fingerprint density at radius 1 is 1.09 bits per heavy atom. The van der Waals surface area contributed by atoms with Crippen molar-refractivity contribution < 1.29 is 9.90 Å². The van der Waals surface area contributed by atoms with E-state index in [2.05, 4.69) is 44.3 Å². The van der Waals surface area contributed by atoms with E-state index in [-0.39, 0.29) is 23.3 Å². The number of fused-ring (bicyclic) bond motifs is 5. The molecule has 5 rings (SSSR count). The Balaban J connectivity index is 1.30. The molecule has 32 heavy (non-hydrogen) atoms. The van der Waals surface area contributed by atoms with Gasteiger partial charge in [0.1, 0.15) is 0 Å². The van der Waals surface area contributed by atoms with Crippen molar-refractivity contribution in [3.05, 3.63) is 47.5 Å². The second-order valence-electron chi connectivity index (χ2n) is 11.9. The Hall–Kier alpha value is -1.61. The van der Waals surface area contributed by atoms with Crippen LogP contribution in [0.15, 0.2) is 42.0 Å². The zero-order chi connectivity index (χ0) is 22.5. The van der Waals surface area contributed by atoms with Gasteiger partial charge in [0.2, 0.25) is 5.91 Å². The monoisotopic (exact) mass is 435 g/mol. The molecule has 0 aliphatic heterocycles. The van der Waals surface area contributed by atoms with E-state index in [1.807, 2.05) is 18.2 Å². The third-order valence-electron chi connectivity index (χ3n) is 10.5. The average Bonchev–Trinajstić information content (AvgIpc) is 3.15. The van der Waals surface area contributed by atoms with Gasteiger partial charge in [-0.3, -0.25) is 4.79 Å². The Morgan fingerprint density at radius 2 is 1.88 bits per heavy atom. The number of carbonyl (C=O) groups is 1. The summed E-state index contributed by atoms with van der Waals surface area (Å²) in [4.78, 5) is 13.1. The van der Waals surface area contributed by atoms with Crippen LogP contribution >= 0.6 is 0 Å². The lowest BCUT2D eigenvalue weighted by molar-refractivity contribution is -0.129. The summed E-state index contributed by atoms with van der Waals surface area (Å²) in [6.45, 7) is 7.81. The number of benzene rings is 1. The number of rotatable bonds is 4. The van der Waals surface area contributed by atoms with Crippen LogP contribution in [0, 0.1) is 40.4 Å². The predicted molar refractivity (Wildman–Crippen MR) is 129 cm³/mol. The molecule has 1 amide bonds. The molecular formula is C29H41NO2. The minimum Gasteiger partial charge on any atom is -0.393 e. The molecule has 0 aromatic heterocycles. The van der Waals surface area contributed by atoms with Crippen LogP contribution in [0.4, 0.5) is 0 Å². The topological polar surface area (TPSA) is 49.3 Å². The molecule has 0 saturated heterocycles. The fraction of sp³-hybridized carbons (Fsp3) is 0.690. The summed E-state index contributed by atoms with van der Waals surface area (Å²) < 4.78 is 0. The Labute approximate surface area is 194 Å². The molecule has 1 aromatic rings. The molecule has 4 aliphatic carbocycles. The average molecular weight is 436 g/mol. The first kappa shape index (κ1) is 22.2. The fourth-order valence-corrected chi connectivity index (χ4v) is 8.63. The lowest BCUT2D eigenvalue weighted by atomic mass is 9.47. The van der Waals surface area contributed by atoms with Crippen molar-refractivity contribution in [1.29, 1.82) is 0 Å². The molecule has 0 bridgehead atoms. The van der Waals surface area contributed by atoms with Gasteiger partial charge in [0.15, 0.2) is 0 Å². The molecule has 4 aliphatic rings. The van der Waals surface area contributed by atoms with E-state index in [4.69, 9.17) is 0 Å². The molecular weight excluding hydrogens is 394 g/mol. The van der Waals surface area contributed by atoms with Gasteiger partial charge in [0.05, 0.1) is 6.10 Å². The molecule has 1 aromatic carbocycles. The molecule has 3 heteroatoms. The van der Waals surface area contributed by atoms with Crippen molar-refractivity contribution in [2.24, 2.45) is 40.4 Å². The van der Waals surface area contributed by atoms with Crippen molar-refractivity contribution in [3.63, 3.8) is 0 Å². The van der Waals surface area contributed by atoms with Gasteiger partial charge in [-0.15, -0.1) is 0 Å². The molecule has 8 atom stereocenters. The summed E-state index contributed by atoms with van der Waals surface area (Å²) >= 11 is 0. The highest BCUT2D eigenvalue weighted by Gasteiger charge is 2.59. The molecule has 2 N–H and O–H groups in total. The number of hydrogen-bond acceptors (Lipinski definition) is 2. The summed E-state index contributed by atoms with van der Waals surface area (Å²) in [5, 5.41) is 13.5. The third-order valence-corrected chi connectivity index (χ3v) is 10.5. The van der Waals surface area contributed by atoms with E-state index in [0.717, 1.165) is 37.0 Å². The standard InChI is InChI=1S/C29H41NO2/c1-19(27(32)30-18-20-7-5-4-6-8-20)24-11-12-25-23-10-9-21-17-22(31)13-15-28(21,2)26(23)14-16-29(24,25)3/h4-9,19,22-26,31H,10-18H2,1-3H3,(H,30,32)/t19-,22-,23-,24+,25-,26-,28-,29+/m0/s1. The van der Waals surface area contributed by atoms with Crippen LogP contribution in [0.2, 0.25) is 0 Å². The fourth-order valence-electron chi connectivity index (χ4n) is 8.63. The molecule has 0 radical (unpaired) electrons. The highest BCUT2D eigenvalue weighted by atomic mass is 16.3. The summed E-state index contributed by atoms with van der Waals surface area (Å²) in [6, 6.07) is 10.2. The number of aliphatic hydroxyl groups is 1. The van der Waals surface area contributed by atoms with E-state index in [0.29, 0.717) is 17.9 Å². The Kier molecular flexibility index (Phi) is 5.76. The number of nitrogens with one attached hydrogen (secondary N) is 1. The quantitative estimate of drug-likeness (QED) is 0.580. The van der Waals surface area contributed by atoms with Gasteiger partial charge >= 0.3 is 0 Å². The summed E-state index contributed by atoms with van der Waals surface area (Å²) in [5.74, 6) is 3.02. The van der Waals surface area contributed by atoms with Crippen LogP contribution in [-0.4, -0.2) is 17.1 Å². The van der Waals surface area contributed by atoms with Crippen LogP contribution in [0.5, 0.6) is 0 Å². The summed E-state index contributed by atoms with van der Waals surface area (Å²) in [5.41, 5.74) is 3.28. The van der Waals surface area contributed by atoms with Gasteiger partial charge in [-0.05, 0) is 91.4 Å². The lowest BCUT2D eigenvalue weighted by Gasteiger charge is -2.58. The van der Waals surface area contributed by atoms with Gasteiger partial charge in [0, 0.05) is 12.5 Å². The predicted octanol–water partition coefficient (Wildman–Crippen LogP) is 5.88. The maximum absolute atomic E-state index is 13.1. The molecule has 0 spiro atoms. The molecule has 0 heterocycles. The third kappa shape index (κ3) is 3.56. The van der Waals surface area contributed by atoms with Crippen molar-refractivity contribution >= 4 is 5.91 Å². The summed E-state index contributed by atoms with van der Waals surface area (Å²) in [6.07, 6.45) is 11.6. The van der Waals surface area contributed by atoms with Gasteiger partial charge in [-0.25, -0.2) is 0 Å². The van der Waals surface area contributed by atoms with E-state index < -0.39 is 0 Å². The van der Waals surface area contributed by atoms with Gasteiger partial charge in [0.25, 0.3) is 0 Å². The van der Waals surface area contributed by atoms with Gasteiger partial charge in [-0.1, -0.05) is 62.8 Å². The van der Waals surface area contributed by atoms with Crippen molar-refractivity contribution in [2.75, 3.05) is 0 Å². The molecule has 3 fully saturated rings. The van der Waals surface area contributed by atoms with Crippen molar-refractivity contribution in [3.8, 4) is 0 Å². The van der Waals surface area contributed by atoms with Crippen molar-refractivity contribution in [1.82, 2.24) is 5.32 Å². The zero-order valence-electron chi connectivity index (χ0n) is 20.1. The number of amides is 1. The first-order valence-corrected chi connectivity index (χ1v) is 13.0. The summed E-state index contributed by atoms with van der Waals surface area (Å²) in [7, 11) is 0. The number of carbonyl (C=O) groups excluding carboxylic acids is 1. The van der Waals surface area contributed by atoms with E-state index >= 15 is 0 Å². The SMILES string of the molecule is C[C@H](C(=O)NCc1ccccc1)[C@H]1CC[C@H]2[C@@H]3CC=C4C[C@@H](O)CC[C@]4(C)[C@H]3CC[C@]12C. The molecule has 174 valence electrons. The number of aliphatic hydroxyl groups excluding tert-OH is 1. The molecule has 0 unspecified atom stereocenters. The normalized spacial score (nSPS) is 41.6. The second-order valence-corrected chi connectivity index (χ2v) is 11.9. The Bertz CT molecular complexity index is 878. The number of hydrogen-bond donors (Lipinski definition) is 2. The van der Waals surface area contributed by atoms with Gasteiger partial charge < -0.3 is 10.4 Å². The molecule has 3 saturated carbocycles. The maximum atomic E-state index is 13.1. The lowest BCUT2D eigenvalue weighted by Crippen LogP contribution is -2.51. The largest absolute Gasteiger partial charge is 0.393 e. The number of allylic oxidation sites excluding steroid dienone is 1. The zero-order valence-corrected chi connectivity index (χ0v) is 20.1. The van der Waals surface area contributed by atoms with Crippen LogP contribution in [-0.2, 0) is 11.3 Å². The van der Waals surface area contributed by atoms with Crippen LogP contribution in [0.1, 0.15) is 77.7 Å². The van der Waals surface area contributed by atoms with E-state index in [1.54, 1.807) is 5.57 Å². The van der Waals surface area contributed by atoms with Crippen molar-refractivity contribution in [2.45, 2.75) is 84.8 Å². The first-order valence-electron chi connectivity index (χ1n) is 13.0. The second kappa shape index (κ2) is 8.31. The Morgan fingerprint density at radius 3 is 2.66 bits per heavy atom. The van der Waals surface area contributed by atoms with Crippen LogP contribution in [0.3, 0.4) is 0 Å². The highest BCUT2D eigenvalue weighted by Crippen LogP contribution is 2.67. The first-order chi connectivity index (χ1) is 15.3. The smallest absolute Gasteiger partial charge is 0.223 e.